The summed E-state index contributed by atoms with van der Waals surface area (Å²) in [7, 11) is -4.10. The smallest absolute Gasteiger partial charge is 0.299 e. The molecule has 2 aromatic rings. The topological polar surface area (TPSA) is 134 Å². The first-order valence-electron chi connectivity index (χ1n) is 12.6. The van der Waals surface area contributed by atoms with Gasteiger partial charge in [0.2, 0.25) is 11.8 Å². The Morgan fingerprint density at radius 3 is 2.49 bits per heavy atom. The van der Waals surface area contributed by atoms with Gasteiger partial charge in [-0.25, -0.2) is 8.78 Å². The number of nitrogens with two attached hydrogens (primary N) is 1. The molecule has 1 aliphatic rings. The summed E-state index contributed by atoms with van der Waals surface area (Å²) in [5.41, 5.74) is 6.47. The molecule has 1 saturated heterocycles. The van der Waals surface area contributed by atoms with Gasteiger partial charge in [-0.05, 0) is 60.6 Å². The van der Waals surface area contributed by atoms with Crippen LogP contribution < -0.4 is 20.5 Å². The molecule has 2 aromatic carbocycles. The van der Waals surface area contributed by atoms with Crippen LogP contribution in [0.1, 0.15) is 50.3 Å². The maximum absolute atomic E-state index is 13.5. The Morgan fingerprint density at radius 1 is 1.15 bits per heavy atom. The second-order valence-electron chi connectivity index (χ2n) is 9.88. The lowest BCUT2D eigenvalue weighted by atomic mass is 10.0. The third kappa shape index (κ3) is 8.59. The SMILES string of the molecule is CC(C)C[C@H](NS(=O)(=O)Nc1ccccc1)C(=O)N1CCC[C@H]1C(=O)NCc1cc(Cl)ccc1C(N)C(F)F. The first kappa shape index (κ1) is 30.7. The van der Waals surface area contributed by atoms with Crippen molar-refractivity contribution in [1.82, 2.24) is 14.9 Å². The number of carbonyl (C=O) groups is 2. The number of rotatable bonds is 12. The molecular weight excluding hydrogens is 552 g/mol. The summed E-state index contributed by atoms with van der Waals surface area (Å²) in [6, 6.07) is 9.09. The molecule has 0 aromatic heterocycles. The Hall–Kier alpha value is -2.80. The number of amides is 2. The average molecular weight is 586 g/mol. The largest absolute Gasteiger partial charge is 0.350 e. The van der Waals surface area contributed by atoms with Crippen LogP contribution in [0, 0.1) is 5.92 Å². The number of anilines is 1. The van der Waals surface area contributed by atoms with E-state index in [4.69, 9.17) is 17.3 Å². The molecule has 3 rings (SSSR count). The molecular formula is C26H34ClF2N5O4S. The molecule has 39 heavy (non-hydrogen) atoms. The van der Waals surface area contributed by atoms with E-state index in [9.17, 15) is 26.8 Å². The fourth-order valence-corrected chi connectivity index (χ4v) is 5.81. The van der Waals surface area contributed by atoms with Gasteiger partial charge in [0.05, 0.1) is 6.04 Å². The molecule has 1 aliphatic heterocycles. The van der Waals surface area contributed by atoms with E-state index in [0.717, 1.165) is 0 Å². The highest BCUT2D eigenvalue weighted by Gasteiger charge is 2.38. The fraction of sp³-hybridized carbons (Fsp3) is 0.462. The van der Waals surface area contributed by atoms with Crippen LogP contribution >= 0.6 is 11.6 Å². The maximum atomic E-state index is 13.5. The molecule has 1 heterocycles. The van der Waals surface area contributed by atoms with Crippen LogP contribution in [0.5, 0.6) is 0 Å². The number of benzene rings is 2. The van der Waals surface area contributed by atoms with Gasteiger partial charge in [0.1, 0.15) is 12.1 Å². The monoisotopic (exact) mass is 585 g/mol. The Kier molecular flexibility index (Phi) is 10.6. The first-order chi connectivity index (χ1) is 18.4. The van der Waals surface area contributed by atoms with Gasteiger partial charge < -0.3 is 16.0 Å². The molecule has 9 nitrogen and oxygen atoms in total. The van der Waals surface area contributed by atoms with Gasteiger partial charge in [-0.15, -0.1) is 0 Å². The van der Waals surface area contributed by atoms with E-state index in [2.05, 4.69) is 14.8 Å². The third-order valence-electron chi connectivity index (χ3n) is 6.36. The third-order valence-corrected chi connectivity index (χ3v) is 7.69. The number of para-hydroxylation sites is 1. The van der Waals surface area contributed by atoms with Crippen molar-refractivity contribution in [2.45, 2.75) is 64.2 Å². The van der Waals surface area contributed by atoms with Crippen LogP contribution in [0.4, 0.5) is 14.5 Å². The van der Waals surface area contributed by atoms with E-state index in [1.54, 1.807) is 30.3 Å². The summed E-state index contributed by atoms with van der Waals surface area (Å²) in [6.45, 7) is 3.88. The van der Waals surface area contributed by atoms with Crippen molar-refractivity contribution in [2.24, 2.45) is 11.7 Å². The summed E-state index contributed by atoms with van der Waals surface area (Å²) in [5, 5.41) is 3.01. The van der Waals surface area contributed by atoms with Crippen molar-refractivity contribution < 1.29 is 26.8 Å². The van der Waals surface area contributed by atoms with Gasteiger partial charge in [0.25, 0.3) is 16.6 Å². The highest BCUT2D eigenvalue weighted by Crippen LogP contribution is 2.26. The van der Waals surface area contributed by atoms with Crippen LogP contribution in [0.2, 0.25) is 5.02 Å². The standard InChI is InChI=1S/C26H34ClF2N5O4S/c1-16(2)13-21(33-39(37,38)32-19-7-4-3-5-8-19)26(36)34-12-6-9-22(34)25(35)31-15-17-14-18(27)10-11-20(17)23(30)24(28)29/h3-5,7-8,10-11,14,16,21-24,32-33H,6,9,12-13,15,30H2,1-2H3,(H,31,35)/t21-,22-,23?/m0/s1. The van der Waals surface area contributed by atoms with Gasteiger partial charge in [0.15, 0.2) is 0 Å². The van der Waals surface area contributed by atoms with Crippen molar-refractivity contribution in [1.29, 1.82) is 0 Å². The lowest BCUT2D eigenvalue weighted by molar-refractivity contribution is -0.140. The van der Waals surface area contributed by atoms with Crippen LogP contribution in [-0.2, 0) is 26.3 Å². The molecule has 0 bridgehead atoms. The minimum atomic E-state index is -4.10. The summed E-state index contributed by atoms with van der Waals surface area (Å²) in [5.74, 6) is -1.01. The minimum Gasteiger partial charge on any atom is -0.350 e. The lowest BCUT2D eigenvalue weighted by Gasteiger charge is -2.29. The normalized spacial score (nSPS) is 17.3. The van der Waals surface area contributed by atoms with Gasteiger partial charge in [-0.2, -0.15) is 13.1 Å². The van der Waals surface area contributed by atoms with Crippen LogP contribution in [0.25, 0.3) is 0 Å². The zero-order chi connectivity index (χ0) is 28.7. The Labute approximate surface area is 232 Å². The predicted molar refractivity (Wildman–Crippen MR) is 146 cm³/mol. The highest BCUT2D eigenvalue weighted by atomic mass is 35.5. The second kappa shape index (κ2) is 13.5. The summed E-state index contributed by atoms with van der Waals surface area (Å²) in [4.78, 5) is 28.0. The Bertz CT molecular complexity index is 1250. The van der Waals surface area contributed by atoms with Crippen LogP contribution in [0.15, 0.2) is 48.5 Å². The van der Waals surface area contributed by atoms with Crippen molar-refractivity contribution in [3.63, 3.8) is 0 Å². The number of nitrogens with zero attached hydrogens (tertiary/aromatic N) is 1. The van der Waals surface area contributed by atoms with E-state index in [1.807, 2.05) is 13.8 Å². The number of halogens is 3. The molecule has 1 unspecified atom stereocenters. The van der Waals surface area contributed by atoms with Crippen molar-refractivity contribution in [3.8, 4) is 0 Å². The molecule has 0 aliphatic carbocycles. The second-order valence-corrected chi connectivity index (χ2v) is 11.8. The molecule has 0 spiro atoms. The van der Waals surface area contributed by atoms with Gasteiger partial charge in [-0.3, -0.25) is 14.3 Å². The molecule has 13 heteroatoms. The van der Waals surface area contributed by atoms with Crippen molar-refractivity contribution in [3.05, 3.63) is 64.7 Å². The molecule has 0 saturated carbocycles. The summed E-state index contributed by atoms with van der Waals surface area (Å²) < 4.78 is 56.9. The van der Waals surface area contributed by atoms with Gasteiger partial charge in [0, 0.05) is 23.8 Å². The van der Waals surface area contributed by atoms with Crippen molar-refractivity contribution in [2.75, 3.05) is 11.3 Å². The number of nitrogens with one attached hydrogen (secondary N) is 3. The van der Waals surface area contributed by atoms with Crippen LogP contribution in [-0.4, -0.2) is 50.2 Å². The number of hydrogen-bond acceptors (Lipinski definition) is 5. The van der Waals surface area contributed by atoms with E-state index in [-0.39, 0.29) is 31.0 Å². The number of likely N-dealkylation sites (tertiary alicyclic amines) is 1. The molecule has 2 amide bonds. The molecule has 1 fully saturated rings. The minimum absolute atomic E-state index is 0.0199. The molecule has 214 valence electrons. The fourth-order valence-electron chi connectivity index (χ4n) is 4.54. The van der Waals surface area contributed by atoms with Gasteiger partial charge in [-0.1, -0.05) is 49.7 Å². The average Bonchev–Trinajstić information content (AvgIpc) is 3.36. The van der Waals surface area contributed by atoms with E-state index >= 15 is 0 Å². The van der Waals surface area contributed by atoms with E-state index < -0.39 is 46.6 Å². The molecule has 3 atom stereocenters. The summed E-state index contributed by atoms with van der Waals surface area (Å²) in [6.07, 6.45) is -1.66. The number of alkyl halides is 2. The predicted octanol–water partition coefficient (Wildman–Crippen LogP) is 3.57. The zero-order valence-corrected chi connectivity index (χ0v) is 23.3. The van der Waals surface area contributed by atoms with Crippen LogP contribution in [0.3, 0.4) is 0 Å². The Morgan fingerprint density at radius 2 is 1.85 bits per heavy atom. The summed E-state index contributed by atoms with van der Waals surface area (Å²) >= 11 is 6.03. The van der Waals surface area contributed by atoms with E-state index in [1.165, 1.54) is 23.1 Å². The quantitative estimate of drug-likeness (QED) is 0.302. The van der Waals surface area contributed by atoms with E-state index in [0.29, 0.717) is 29.1 Å². The van der Waals surface area contributed by atoms with Crippen molar-refractivity contribution >= 4 is 39.3 Å². The maximum Gasteiger partial charge on any atom is 0.299 e. The number of hydrogen-bond donors (Lipinski definition) is 4. The Balaban J connectivity index is 1.72. The zero-order valence-electron chi connectivity index (χ0n) is 21.7. The van der Waals surface area contributed by atoms with Gasteiger partial charge >= 0.3 is 0 Å². The first-order valence-corrected chi connectivity index (χ1v) is 14.5. The molecule has 0 radical (unpaired) electrons. The number of carbonyl (C=O) groups excluding carboxylic acids is 2. The lowest BCUT2D eigenvalue weighted by Crippen LogP contribution is -2.54. The highest BCUT2D eigenvalue weighted by molar-refractivity contribution is 7.90. The molecule has 5 N–H and O–H groups in total.